The summed E-state index contributed by atoms with van der Waals surface area (Å²) in [6.07, 6.45) is 4.66. The zero-order chi connectivity index (χ0) is 13.7. The molecule has 1 atom stereocenters. The number of hydrogen-bond acceptors (Lipinski definition) is 4. The van der Waals surface area contributed by atoms with Crippen LogP contribution in [-0.2, 0) is 10.4 Å². The molecule has 4 nitrogen and oxygen atoms in total. The molecule has 19 heavy (non-hydrogen) atoms. The maximum absolute atomic E-state index is 11.6. The first-order valence-electron chi connectivity index (χ1n) is 5.82. The fourth-order valence-electron chi connectivity index (χ4n) is 1.53. The van der Waals surface area contributed by atoms with E-state index >= 15 is 0 Å². The van der Waals surface area contributed by atoms with E-state index in [-0.39, 0.29) is 12.5 Å². The minimum Gasteiger partial charge on any atom is -0.466 e. The predicted octanol–water partition coefficient (Wildman–Crippen LogP) is 2.38. The molecule has 0 unspecified atom stereocenters. The van der Waals surface area contributed by atoms with Crippen molar-refractivity contribution in [1.29, 1.82) is 0 Å². The summed E-state index contributed by atoms with van der Waals surface area (Å²) in [5, 5.41) is 16.7. The molecule has 2 aromatic rings. The molecule has 0 bridgehead atoms. The molecular weight excluding hydrogens is 262 g/mol. The minimum absolute atomic E-state index is 0.0906. The Morgan fingerprint density at radius 3 is 3.05 bits per heavy atom. The lowest BCUT2D eigenvalue weighted by molar-refractivity contribution is -0.117. The van der Waals surface area contributed by atoms with Gasteiger partial charge in [-0.2, -0.15) is 11.3 Å². The highest BCUT2D eigenvalue weighted by Crippen LogP contribution is 2.19. The number of rotatable bonds is 5. The van der Waals surface area contributed by atoms with Gasteiger partial charge in [-0.1, -0.05) is 0 Å². The van der Waals surface area contributed by atoms with E-state index < -0.39 is 5.60 Å². The summed E-state index contributed by atoms with van der Waals surface area (Å²) < 4.78 is 5.13. The Balaban J connectivity index is 1.87. The standard InChI is InChI=1S/C14H15NO3S/c1-14(17,12-3-2-7-18-12)10-15-13(16)5-4-11-6-8-19-9-11/h2-9,17H,10H2,1H3,(H,15,16)/b5-4+/t14-/m0/s1. The molecule has 5 heteroatoms. The third-order valence-electron chi connectivity index (χ3n) is 2.63. The van der Waals surface area contributed by atoms with Crippen molar-refractivity contribution < 1.29 is 14.3 Å². The van der Waals surface area contributed by atoms with Gasteiger partial charge in [0.25, 0.3) is 0 Å². The molecule has 2 heterocycles. The van der Waals surface area contributed by atoms with Gasteiger partial charge in [0.1, 0.15) is 11.4 Å². The zero-order valence-corrected chi connectivity index (χ0v) is 11.3. The van der Waals surface area contributed by atoms with Crippen LogP contribution in [0.1, 0.15) is 18.2 Å². The fraction of sp³-hybridized carbons (Fsp3) is 0.214. The van der Waals surface area contributed by atoms with Gasteiger partial charge in [0.05, 0.1) is 12.8 Å². The number of thiophene rings is 1. The lowest BCUT2D eigenvalue weighted by Crippen LogP contribution is -2.37. The first kappa shape index (κ1) is 13.6. The van der Waals surface area contributed by atoms with Gasteiger partial charge in [-0.15, -0.1) is 0 Å². The molecule has 1 amide bonds. The number of aliphatic hydroxyl groups is 1. The summed E-state index contributed by atoms with van der Waals surface area (Å²) in [7, 11) is 0. The van der Waals surface area contributed by atoms with Crippen LogP contribution in [0.15, 0.2) is 45.7 Å². The molecule has 0 spiro atoms. The second kappa shape index (κ2) is 5.86. The maximum Gasteiger partial charge on any atom is 0.244 e. The number of carbonyl (C=O) groups excluding carboxylic acids is 1. The average Bonchev–Trinajstić information content (AvgIpc) is 3.06. The van der Waals surface area contributed by atoms with Gasteiger partial charge in [-0.05, 0) is 47.5 Å². The Morgan fingerprint density at radius 2 is 2.42 bits per heavy atom. The van der Waals surface area contributed by atoms with Crippen LogP contribution in [0.5, 0.6) is 0 Å². The quantitative estimate of drug-likeness (QED) is 0.825. The summed E-state index contributed by atoms with van der Waals surface area (Å²) in [6.45, 7) is 1.68. The lowest BCUT2D eigenvalue weighted by Gasteiger charge is -2.20. The third-order valence-corrected chi connectivity index (χ3v) is 3.33. The van der Waals surface area contributed by atoms with E-state index in [0.29, 0.717) is 5.76 Å². The lowest BCUT2D eigenvalue weighted by atomic mass is 10.0. The summed E-state index contributed by atoms with van der Waals surface area (Å²) in [6, 6.07) is 5.29. The molecule has 2 rings (SSSR count). The largest absolute Gasteiger partial charge is 0.466 e. The molecule has 0 aliphatic heterocycles. The molecule has 0 aliphatic rings. The molecule has 2 N–H and O–H groups in total. The highest BCUT2D eigenvalue weighted by molar-refractivity contribution is 7.08. The number of hydrogen-bond donors (Lipinski definition) is 2. The van der Waals surface area contributed by atoms with Crippen molar-refractivity contribution in [2.24, 2.45) is 0 Å². The van der Waals surface area contributed by atoms with Crippen LogP contribution in [0.4, 0.5) is 0 Å². The van der Waals surface area contributed by atoms with Gasteiger partial charge < -0.3 is 14.8 Å². The number of furan rings is 1. The van der Waals surface area contributed by atoms with Crippen LogP contribution in [0.3, 0.4) is 0 Å². The van der Waals surface area contributed by atoms with Gasteiger partial charge in [0.2, 0.25) is 5.91 Å². The zero-order valence-electron chi connectivity index (χ0n) is 10.5. The minimum atomic E-state index is -1.21. The van der Waals surface area contributed by atoms with E-state index in [4.69, 9.17) is 4.42 Å². The molecule has 0 aromatic carbocycles. The maximum atomic E-state index is 11.6. The Kier molecular flexibility index (Phi) is 4.19. The number of nitrogens with one attached hydrogen (secondary N) is 1. The van der Waals surface area contributed by atoms with Gasteiger partial charge in [0.15, 0.2) is 0 Å². The molecule has 0 aliphatic carbocycles. The second-order valence-electron chi connectivity index (χ2n) is 4.36. The van der Waals surface area contributed by atoms with E-state index in [1.807, 2.05) is 16.8 Å². The van der Waals surface area contributed by atoms with Gasteiger partial charge in [0, 0.05) is 6.08 Å². The van der Waals surface area contributed by atoms with Crippen LogP contribution in [0.2, 0.25) is 0 Å². The molecule has 0 saturated heterocycles. The van der Waals surface area contributed by atoms with Crippen molar-refractivity contribution in [3.8, 4) is 0 Å². The molecule has 100 valence electrons. The van der Waals surface area contributed by atoms with Gasteiger partial charge >= 0.3 is 0 Å². The van der Waals surface area contributed by atoms with Crippen LogP contribution in [0, 0.1) is 0 Å². The second-order valence-corrected chi connectivity index (χ2v) is 5.14. The fourth-order valence-corrected chi connectivity index (χ4v) is 2.16. The van der Waals surface area contributed by atoms with Crippen molar-refractivity contribution in [1.82, 2.24) is 5.32 Å². The van der Waals surface area contributed by atoms with E-state index in [1.54, 1.807) is 36.5 Å². The van der Waals surface area contributed by atoms with E-state index in [2.05, 4.69) is 5.32 Å². The Hall–Kier alpha value is -1.85. The molecule has 2 aromatic heterocycles. The van der Waals surface area contributed by atoms with E-state index in [1.165, 1.54) is 12.3 Å². The Labute approximate surface area is 115 Å². The number of carbonyl (C=O) groups is 1. The highest BCUT2D eigenvalue weighted by Gasteiger charge is 2.26. The predicted molar refractivity (Wildman–Crippen MR) is 74.6 cm³/mol. The number of amides is 1. The first-order valence-corrected chi connectivity index (χ1v) is 6.77. The van der Waals surface area contributed by atoms with Crippen molar-refractivity contribution in [2.45, 2.75) is 12.5 Å². The van der Waals surface area contributed by atoms with E-state index in [0.717, 1.165) is 5.56 Å². The van der Waals surface area contributed by atoms with Crippen molar-refractivity contribution in [3.63, 3.8) is 0 Å². The summed E-state index contributed by atoms with van der Waals surface area (Å²) >= 11 is 1.57. The summed E-state index contributed by atoms with van der Waals surface area (Å²) in [5.74, 6) is 0.174. The van der Waals surface area contributed by atoms with Gasteiger partial charge in [-0.3, -0.25) is 4.79 Å². The van der Waals surface area contributed by atoms with E-state index in [9.17, 15) is 9.90 Å². The molecule has 0 fully saturated rings. The monoisotopic (exact) mass is 277 g/mol. The van der Waals surface area contributed by atoms with Crippen molar-refractivity contribution >= 4 is 23.3 Å². The van der Waals surface area contributed by atoms with Crippen LogP contribution < -0.4 is 5.32 Å². The molecule has 0 radical (unpaired) electrons. The van der Waals surface area contributed by atoms with Crippen LogP contribution in [-0.4, -0.2) is 17.6 Å². The Bertz CT molecular complexity index is 541. The smallest absolute Gasteiger partial charge is 0.244 e. The third kappa shape index (κ3) is 3.81. The van der Waals surface area contributed by atoms with Crippen molar-refractivity contribution in [3.05, 3.63) is 52.6 Å². The molecular formula is C14H15NO3S. The Morgan fingerprint density at radius 1 is 1.58 bits per heavy atom. The van der Waals surface area contributed by atoms with Gasteiger partial charge in [-0.25, -0.2) is 0 Å². The highest BCUT2D eigenvalue weighted by atomic mass is 32.1. The summed E-state index contributed by atoms with van der Waals surface area (Å²) in [5.41, 5.74) is -0.229. The molecule has 0 saturated carbocycles. The summed E-state index contributed by atoms with van der Waals surface area (Å²) in [4.78, 5) is 11.6. The average molecular weight is 277 g/mol. The SMILES string of the molecule is C[C@](O)(CNC(=O)/C=C/c1ccsc1)c1ccco1. The van der Waals surface area contributed by atoms with Crippen molar-refractivity contribution in [2.75, 3.05) is 6.54 Å². The topological polar surface area (TPSA) is 62.5 Å². The first-order chi connectivity index (χ1) is 9.08. The van der Waals surface area contributed by atoms with Crippen LogP contribution in [0.25, 0.3) is 6.08 Å². The normalized spacial score (nSPS) is 14.4. The van der Waals surface area contributed by atoms with Crippen LogP contribution >= 0.6 is 11.3 Å².